The van der Waals surface area contributed by atoms with Gasteiger partial charge in [0.2, 0.25) is 0 Å². The summed E-state index contributed by atoms with van der Waals surface area (Å²) in [5.41, 5.74) is 0.541. The minimum absolute atomic E-state index is 0.541. The molecule has 14 heavy (non-hydrogen) atoms. The lowest BCUT2D eigenvalue weighted by Gasteiger charge is -2.25. The first-order valence-corrected chi connectivity index (χ1v) is 6.21. The van der Waals surface area contributed by atoms with Crippen molar-refractivity contribution in [2.24, 2.45) is 11.3 Å². The monoisotopic (exact) mass is 197 g/mol. The van der Waals surface area contributed by atoms with Crippen LogP contribution in [-0.2, 0) is 0 Å². The van der Waals surface area contributed by atoms with Crippen molar-refractivity contribution in [2.45, 2.75) is 59.9 Å². The molecular weight excluding hydrogens is 170 g/mol. The zero-order chi connectivity index (χ0) is 10.8. The van der Waals surface area contributed by atoms with E-state index in [0.29, 0.717) is 5.41 Å². The molecule has 0 radical (unpaired) electrons. The maximum Gasteiger partial charge on any atom is 0.00389 e. The summed E-state index contributed by atoms with van der Waals surface area (Å²) < 4.78 is 0. The van der Waals surface area contributed by atoms with Crippen LogP contribution in [0.4, 0.5) is 0 Å². The molecule has 1 fully saturated rings. The van der Waals surface area contributed by atoms with Crippen LogP contribution in [0.2, 0.25) is 0 Å². The molecule has 0 aromatic rings. The Bertz CT molecular complexity index is 172. The van der Waals surface area contributed by atoms with Crippen LogP contribution < -0.4 is 0 Å². The lowest BCUT2D eigenvalue weighted by atomic mass is 9.79. The molecule has 0 spiro atoms. The fourth-order valence-electron chi connectivity index (χ4n) is 2.57. The summed E-state index contributed by atoms with van der Waals surface area (Å²) in [6, 6.07) is 0.723. The van der Waals surface area contributed by atoms with Crippen molar-refractivity contribution < 1.29 is 0 Å². The summed E-state index contributed by atoms with van der Waals surface area (Å²) in [7, 11) is 0. The van der Waals surface area contributed by atoms with Gasteiger partial charge in [-0.15, -0.1) is 0 Å². The van der Waals surface area contributed by atoms with Crippen LogP contribution in [0.3, 0.4) is 0 Å². The first-order valence-electron chi connectivity index (χ1n) is 6.21. The molecule has 0 aromatic heterocycles. The predicted molar refractivity (Wildman–Crippen MR) is 63.5 cm³/mol. The Hall–Kier alpha value is -0.0400. The van der Waals surface area contributed by atoms with Crippen LogP contribution in [0.1, 0.15) is 53.9 Å². The second-order valence-electron chi connectivity index (χ2n) is 5.85. The van der Waals surface area contributed by atoms with E-state index in [9.17, 15) is 0 Å². The lowest BCUT2D eigenvalue weighted by molar-refractivity contribution is 0.239. The molecule has 0 N–H and O–H groups in total. The first-order chi connectivity index (χ1) is 6.47. The van der Waals surface area contributed by atoms with Gasteiger partial charge in [0.15, 0.2) is 0 Å². The fraction of sp³-hybridized carbons (Fsp3) is 1.00. The SMILES string of the molecule is CCCCC1CN(C(C)C)CC1(C)C. The van der Waals surface area contributed by atoms with E-state index in [2.05, 4.69) is 39.5 Å². The Labute approximate surface area is 89.9 Å². The lowest BCUT2D eigenvalue weighted by Crippen LogP contribution is -2.29. The molecule has 1 rings (SSSR count). The van der Waals surface area contributed by atoms with Crippen LogP contribution in [-0.4, -0.2) is 24.0 Å². The van der Waals surface area contributed by atoms with Crippen LogP contribution in [0.5, 0.6) is 0 Å². The standard InChI is InChI=1S/C13H27N/c1-6-7-8-12-9-14(11(2)3)10-13(12,4)5/h11-12H,6-10H2,1-5H3. The normalized spacial score (nSPS) is 27.4. The van der Waals surface area contributed by atoms with Gasteiger partial charge in [0.25, 0.3) is 0 Å². The average molecular weight is 197 g/mol. The number of hydrogen-bond donors (Lipinski definition) is 0. The number of nitrogens with zero attached hydrogens (tertiary/aromatic N) is 1. The van der Waals surface area contributed by atoms with E-state index in [0.717, 1.165) is 12.0 Å². The van der Waals surface area contributed by atoms with E-state index >= 15 is 0 Å². The summed E-state index contributed by atoms with van der Waals surface area (Å²) in [6.07, 6.45) is 4.17. The summed E-state index contributed by atoms with van der Waals surface area (Å²) in [5.74, 6) is 0.921. The second kappa shape index (κ2) is 4.65. The molecule has 0 aliphatic carbocycles. The molecule has 0 aromatic carbocycles. The van der Waals surface area contributed by atoms with Crippen molar-refractivity contribution in [3.05, 3.63) is 0 Å². The van der Waals surface area contributed by atoms with Gasteiger partial charge in [-0.2, -0.15) is 0 Å². The zero-order valence-corrected chi connectivity index (χ0v) is 10.6. The number of rotatable bonds is 4. The molecule has 1 aliphatic rings. The van der Waals surface area contributed by atoms with Gasteiger partial charge in [-0.05, 0) is 31.6 Å². The highest BCUT2D eigenvalue weighted by Gasteiger charge is 2.39. The molecule has 1 nitrogen and oxygen atoms in total. The van der Waals surface area contributed by atoms with Crippen molar-refractivity contribution in [3.8, 4) is 0 Å². The zero-order valence-electron chi connectivity index (χ0n) is 10.6. The van der Waals surface area contributed by atoms with E-state index in [4.69, 9.17) is 0 Å². The van der Waals surface area contributed by atoms with Gasteiger partial charge in [0.05, 0.1) is 0 Å². The first kappa shape index (κ1) is 12.0. The average Bonchev–Trinajstić information content (AvgIpc) is 2.38. The third kappa shape index (κ3) is 2.73. The summed E-state index contributed by atoms with van der Waals surface area (Å²) in [5, 5.41) is 0. The minimum Gasteiger partial charge on any atom is -0.300 e. The fourth-order valence-corrected chi connectivity index (χ4v) is 2.57. The molecule has 1 saturated heterocycles. The second-order valence-corrected chi connectivity index (χ2v) is 5.85. The largest absolute Gasteiger partial charge is 0.300 e. The van der Waals surface area contributed by atoms with Gasteiger partial charge >= 0.3 is 0 Å². The quantitative estimate of drug-likeness (QED) is 0.666. The maximum absolute atomic E-state index is 2.64. The van der Waals surface area contributed by atoms with E-state index < -0.39 is 0 Å². The molecule has 0 amide bonds. The predicted octanol–water partition coefficient (Wildman–Crippen LogP) is 3.54. The van der Waals surface area contributed by atoms with E-state index in [1.54, 1.807) is 0 Å². The maximum atomic E-state index is 2.64. The van der Waals surface area contributed by atoms with E-state index in [1.807, 2.05) is 0 Å². The van der Waals surface area contributed by atoms with Gasteiger partial charge < -0.3 is 4.90 Å². The Morgan fingerprint density at radius 1 is 1.36 bits per heavy atom. The van der Waals surface area contributed by atoms with Gasteiger partial charge in [-0.25, -0.2) is 0 Å². The molecule has 0 bridgehead atoms. The Morgan fingerprint density at radius 3 is 2.43 bits per heavy atom. The van der Waals surface area contributed by atoms with Crippen molar-refractivity contribution in [1.82, 2.24) is 4.90 Å². The van der Waals surface area contributed by atoms with Crippen molar-refractivity contribution >= 4 is 0 Å². The molecule has 1 aliphatic heterocycles. The van der Waals surface area contributed by atoms with E-state index in [1.165, 1.54) is 32.4 Å². The van der Waals surface area contributed by atoms with Gasteiger partial charge in [-0.3, -0.25) is 0 Å². The third-order valence-corrected chi connectivity index (χ3v) is 3.81. The van der Waals surface area contributed by atoms with Crippen LogP contribution >= 0.6 is 0 Å². The molecular formula is C13H27N. The molecule has 1 heteroatoms. The molecule has 1 unspecified atom stereocenters. The van der Waals surface area contributed by atoms with Gasteiger partial charge in [0.1, 0.15) is 0 Å². The van der Waals surface area contributed by atoms with Crippen LogP contribution in [0.25, 0.3) is 0 Å². The topological polar surface area (TPSA) is 3.24 Å². The minimum atomic E-state index is 0.541. The molecule has 84 valence electrons. The summed E-state index contributed by atoms with van der Waals surface area (Å²) >= 11 is 0. The number of unbranched alkanes of at least 4 members (excludes halogenated alkanes) is 1. The number of hydrogen-bond acceptors (Lipinski definition) is 1. The van der Waals surface area contributed by atoms with E-state index in [-0.39, 0.29) is 0 Å². The Kier molecular flexibility index (Phi) is 4.00. The summed E-state index contributed by atoms with van der Waals surface area (Å²) in [6.45, 7) is 14.4. The smallest absolute Gasteiger partial charge is 0.00389 e. The highest BCUT2D eigenvalue weighted by molar-refractivity contribution is 4.91. The molecule has 0 saturated carbocycles. The molecule has 1 heterocycles. The third-order valence-electron chi connectivity index (χ3n) is 3.81. The highest BCUT2D eigenvalue weighted by atomic mass is 15.2. The Balaban J connectivity index is 2.50. The van der Waals surface area contributed by atoms with Crippen molar-refractivity contribution in [2.75, 3.05) is 13.1 Å². The number of likely N-dealkylation sites (tertiary alicyclic amines) is 1. The Morgan fingerprint density at radius 2 is 2.00 bits per heavy atom. The van der Waals surface area contributed by atoms with Gasteiger partial charge in [0, 0.05) is 19.1 Å². The van der Waals surface area contributed by atoms with Crippen molar-refractivity contribution in [1.29, 1.82) is 0 Å². The van der Waals surface area contributed by atoms with Crippen molar-refractivity contribution in [3.63, 3.8) is 0 Å². The highest BCUT2D eigenvalue weighted by Crippen LogP contribution is 2.38. The van der Waals surface area contributed by atoms with Gasteiger partial charge in [-0.1, -0.05) is 33.6 Å². The molecule has 1 atom stereocenters. The van der Waals surface area contributed by atoms with Crippen LogP contribution in [0, 0.1) is 11.3 Å². The summed E-state index contributed by atoms with van der Waals surface area (Å²) in [4.78, 5) is 2.64. The van der Waals surface area contributed by atoms with Crippen LogP contribution in [0.15, 0.2) is 0 Å².